The Morgan fingerprint density at radius 2 is 2.13 bits per heavy atom. The molecule has 3 fully saturated rings. The molecule has 23 heavy (non-hydrogen) atoms. The third-order valence-corrected chi connectivity index (χ3v) is 6.04. The average molecular weight is 319 g/mol. The lowest BCUT2D eigenvalue weighted by molar-refractivity contribution is -0.187. The Morgan fingerprint density at radius 1 is 1.39 bits per heavy atom. The maximum atomic E-state index is 12.3. The van der Waals surface area contributed by atoms with Gasteiger partial charge in [0, 0.05) is 0 Å². The third-order valence-electron chi connectivity index (χ3n) is 6.04. The van der Waals surface area contributed by atoms with Crippen LogP contribution < -0.4 is 5.32 Å². The van der Waals surface area contributed by atoms with Gasteiger partial charge in [-0.05, 0) is 49.0 Å². The first-order chi connectivity index (χ1) is 10.8. The van der Waals surface area contributed by atoms with Crippen molar-refractivity contribution in [1.29, 1.82) is 0 Å². The van der Waals surface area contributed by atoms with Gasteiger partial charge in [-0.25, -0.2) is 4.79 Å². The molecule has 1 amide bonds. The van der Waals surface area contributed by atoms with Crippen molar-refractivity contribution in [2.45, 2.75) is 52.7 Å². The molecule has 5 heteroatoms. The fourth-order valence-electron chi connectivity index (χ4n) is 4.24. The van der Waals surface area contributed by atoms with Crippen molar-refractivity contribution in [3.63, 3.8) is 0 Å². The van der Waals surface area contributed by atoms with Crippen LogP contribution in [0.25, 0.3) is 0 Å². The van der Waals surface area contributed by atoms with Crippen LogP contribution in [0.15, 0.2) is 23.0 Å². The highest BCUT2D eigenvalue weighted by molar-refractivity contribution is 5.96. The van der Waals surface area contributed by atoms with Gasteiger partial charge in [-0.1, -0.05) is 20.8 Å². The SMILES string of the molecule is CC(NC(=O)c1ccoc1)C(=O)OC1CC2CC(C1C)C2(C)C. The summed E-state index contributed by atoms with van der Waals surface area (Å²) >= 11 is 0. The van der Waals surface area contributed by atoms with Crippen LogP contribution in [0, 0.1) is 23.2 Å². The van der Waals surface area contributed by atoms with Gasteiger partial charge in [0.15, 0.2) is 0 Å². The number of carbonyl (C=O) groups excluding carboxylic acids is 2. The summed E-state index contributed by atoms with van der Waals surface area (Å²) in [5.41, 5.74) is 0.766. The summed E-state index contributed by atoms with van der Waals surface area (Å²) in [7, 11) is 0. The molecule has 1 aromatic rings. The molecule has 3 aliphatic carbocycles. The molecule has 0 aromatic carbocycles. The van der Waals surface area contributed by atoms with Gasteiger partial charge in [0.05, 0.1) is 11.8 Å². The van der Waals surface area contributed by atoms with E-state index in [-0.39, 0.29) is 18.0 Å². The Hall–Kier alpha value is -1.78. The van der Waals surface area contributed by atoms with Crippen LogP contribution in [-0.2, 0) is 9.53 Å². The van der Waals surface area contributed by atoms with Crippen molar-refractivity contribution in [2.75, 3.05) is 0 Å². The Balaban J connectivity index is 1.54. The van der Waals surface area contributed by atoms with E-state index < -0.39 is 6.04 Å². The molecule has 0 radical (unpaired) electrons. The number of carbonyl (C=O) groups is 2. The maximum absolute atomic E-state index is 12.3. The number of ether oxygens (including phenoxy) is 1. The van der Waals surface area contributed by atoms with Gasteiger partial charge in [-0.2, -0.15) is 0 Å². The van der Waals surface area contributed by atoms with Crippen LogP contribution >= 0.6 is 0 Å². The summed E-state index contributed by atoms with van der Waals surface area (Å²) in [6, 6.07) is 0.891. The van der Waals surface area contributed by atoms with Crippen LogP contribution in [0.5, 0.6) is 0 Å². The molecule has 3 aliphatic rings. The molecule has 126 valence electrons. The van der Waals surface area contributed by atoms with Gasteiger partial charge in [0.25, 0.3) is 5.91 Å². The van der Waals surface area contributed by atoms with Gasteiger partial charge in [0.2, 0.25) is 0 Å². The number of rotatable bonds is 4. The van der Waals surface area contributed by atoms with E-state index in [1.165, 1.54) is 18.9 Å². The molecule has 5 nitrogen and oxygen atoms in total. The molecular weight excluding hydrogens is 294 g/mol. The zero-order valence-electron chi connectivity index (χ0n) is 14.2. The molecule has 2 bridgehead atoms. The van der Waals surface area contributed by atoms with Crippen molar-refractivity contribution >= 4 is 11.9 Å². The summed E-state index contributed by atoms with van der Waals surface area (Å²) in [6.07, 6.45) is 4.92. The van der Waals surface area contributed by atoms with Crippen molar-refractivity contribution < 1.29 is 18.7 Å². The number of furan rings is 1. The van der Waals surface area contributed by atoms with Crippen molar-refractivity contribution in [2.24, 2.45) is 23.2 Å². The summed E-state index contributed by atoms with van der Waals surface area (Å²) in [5.74, 6) is 0.935. The highest BCUT2D eigenvalue weighted by atomic mass is 16.5. The molecule has 1 N–H and O–H groups in total. The number of nitrogens with one attached hydrogen (secondary N) is 1. The van der Waals surface area contributed by atoms with Crippen LogP contribution in [-0.4, -0.2) is 24.0 Å². The molecule has 3 saturated carbocycles. The smallest absolute Gasteiger partial charge is 0.328 e. The maximum Gasteiger partial charge on any atom is 0.328 e. The van der Waals surface area contributed by atoms with Crippen LogP contribution in [0.1, 0.15) is 50.9 Å². The van der Waals surface area contributed by atoms with Crippen molar-refractivity contribution in [3.8, 4) is 0 Å². The number of esters is 1. The molecule has 1 heterocycles. The first-order valence-electron chi connectivity index (χ1n) is 8.34. The van der Waals surface area contributed by atoms with Gasteiger partial charge < -0.3 is 14.5 Å². The number of hydrogen-bond acceptors (Lipinski definition) is 4. The molecule has 0 aliphatic heterocycles. The van der Waals surface area contributed by atoms with Gasteiger partial charge in [-0.15, -0.1) is 0 Å². The molecule has 0 saturated heterocycles. The fourth-order valence-corrected chi connectivity index (χ4v) is 4.24. The third kappa shape index (κ3) is 2.77. The van der Waals surface area contributed by atoms with E-state index in [2.05, 4.69) is 26.1 Å². The Bertz CT molecular complexity index is 592. The lowest BCUT2D eigenvalue weighted by Gasteiger charge is -2.61. The predicted octanol–water partition coefficient (Wildman–Crippen LogP) is 3.01. The average Bonchev–Trinajstić information content (AvgIpc) is 3.02. The van der Waals surface area contributed by atoms with Crippen LogP contribution in [0.4, 0.5) is 0 Å². The van der Waals surface area contributed by atoms with Crippen LogP contribution in [0.3, 0.4) is 0 Å². The second kappa shape index (κ2) is 5.69. The minimum Gasteiger partial charge on any atom is -0.472 e. The summed E-state index contributed by atoms with van der Waals surface area (Å²) in [5, 5.41) is 2.65. The number of hydrogen-bond donors (Lipinski definition) is 1. The topological polar surface area (TPSA) is 68.5 Å². The highest BCUT2D eigenvalue weighted by Crippen LogP contribution is 2.61. The second-order valence-corrected chi connectivity index (χ2v) is 7.64. The lowest BCUT2D eigenvalue weighted by Crippen LogP contribution is -2.58. The molecule has 1 aromatic heterocycles. The molecule has 5 unspecified atom stereocenters. The van der Waals surface area contributed by atoms with Gasteiger partial charge in [0.1, 0.15) is 18.4 Å². The molecular formula is C18H25NO4. The number of amides is 1. The second-order valence-electron chi connectivity index (χ2n) is 7.64. The predicted molar refractivity (Wildman–Crippen MR) is 84.7 cm³/mol. The van der Waals surface area contributed by atoms with E-state index in [0.717, 1.165) is 6.42 Å². The Kier molecular flexibility index (Phi) is 3.98. The first kappa shape index (κ1) is 16.1. The van der Waals surface area contributed by atoms with E-state index >= 15 is 0 Å². The standard InChI is InChI=1S/C18H25NO4/c1-10-14-7-13(18(14,3)4)8-15(10)23-17(21)11(2)19-16(20)12-5-6-22-9-12/h5-6,9-11,13-15H,7-8H2,1-4H3,(H,19,20). The first-order valence-corrected chi connectivity index (χ1v) is 8.34. The normalized spacial score (nSPS) is 32.5. The lowest BCUT2D eigenvalue weighted by atomic mass is 9.45. The summed E-state index contributed by atoms with van der Waals surface area (Å²) in [6.45, 7) is 8.45. The summed E-state index contributed by atoms with van der Waals surface area (Å²) in [4.78, 5) is 24.2. The molecule has 0 spiro atoms. The largest absolute Gasteiger partial charge is 0.472 e. The van der Waals surface area contributed by atoms with E-state index in [4.69, 9.17) is 9.15 Å². The van der Waals surface area contributed by atoms with E-state index in [1.807, 2.05) is 0 Å². The van der Waals surface area contributed by atoms with Crippen molar-refractivity contribution in [3.05, 3.63) is 24.2 Å². The fraction of sp³-hybridized carbons (Fsp3) is 0.667. The minimum absolute atomic E-state index is 0.0347. The highest BCUT2D eigenvalue weighted by Gasteiger charge is 2.57. The van der Waals surface area contributed by atoms with Gasteiger partial charge in [-0.3, -0.25) is 4.79 Å². The zero-order chi connectivity index (χ0) is 16.8. The Labute approximate surface area is 136 Å². The van der Waals surface area contributed by atoms with E-state index in [9.17, 15) is 9.59 Å². The number of fused-ring (bicyclic) bond motifs is 2. The Morgan fingerprint density at radius 3 is 2.70 bits per heavy atom. The molecule has 5 atom stereocenters. The minimum atomic E-state index is -0.670. The summed E-state index contributed by atoms with van der Waals surface area (Å²) < 4.78 is 10.6. The van der Waals surface area contributed by atoms with Crippen LogP contribution in [0.2, 0.25) is 0 Å². The quantitative estimate of drug-likeness (QED) is 0.866. The monoisotopic (exact) mass is 319 g/mol. The zero-order valence-corrected chi connectivity index (χ0v) is 14.2. The van der Waals surface area contributed by atoms with E-state index in [1.54, 1.807) is 13.0 Å². The van der Waals surface area contributed by atoms with Crippen molar-refractivity contribution in [1.82, 2.24) is 5.32 Å². The van der Waals surface area contributed by atoms with Gasteiger partial charge >= 0.3 is 5.97 Å². The molecule has 4 rings (SSSR count). The van der Waals surface area contributed by atoms with E-state index in [0.29, 0.717) is 28.7 Å².